The Balaban J connectivity index is 1.73. The number of rotatable bonds is 4. The van der Waals surface area contributed by atoms with E-state index in [1.54, 1.807) is 12.3 Å². The fourth-order valence-corrected chi connectivity index (χ4v) is 3.50. The topological polar surface area (TPSA) is 45.2 Å². The van der Waals surface area contributed by atoms with Crippen LogP contribution < -0.4 is 5.32 Å². The zero-order chi connectivity index (χ0) is 18.8. The molecule has 1 aliphatic rings. The van der Waals surface area contributed by atoms with Crippen molar-refractivity contribution in [2.75, 3.05) is 18.4 Å². The number of nitrogens with one attached hydrogen (secondary N) is 1. The van der Waals surface area contributed by atoms with Crippen LogP contribution in [-0.4, -0.2) is 28.9 Å². The van der Waals surface area contributed by atoms with Gasteiger partial charge in [0, 0.05) is 31.2 Å². The predicted octanol–water partition coefficient (Wildman–Crippen LogP) is 4.53. The number of carbonyl (C=O) groups excluding carboxylic acids is 1. The Hall–Kier alpha value is -2.95. The van der Waals surface area contributed by atoms with E-state index < -0.39 is 0 Å². The van der Waals surface area contributed by atoms with Gasteiger partial charge in [0.25, 0.3) is 5.91 Å². The van der Waals surface area contributed by atoms with Gasteiger partial charge in [-0.25, -0.2) is 4.39 Å². The van der Waals surface area contributed by atoms with E-state index in [4.69, 9.17) is 0 Å². The number of hydrogen-bond acceptors (Lipinski definition) is 3. The molecule has 1 aromatic heterocycles. The van der Waals surface area contributed by atoms with Gasteiger partial charge in [-0.3, -0.25) is 9.78 Å². The molecule has 0 aliphatic carbocycles. The molecule has 4 nitrogen and oxygen atoms in total. The van der Waals surface area contributed by atoms with Gasteiger partial charge in [0.1, 0.15) is 5.82 Å². The molecule has 1 saturated heterocycles. The van der Waals surface area contributed by atoms with Crippen LogP contribution in [0.2, 0.25) is 0 Å². The summed E-state index contributed by atoms with van der Waals surface area (Å²) in [7, 11) is 0. The number of nitrogens with zero attached hydrogens (tertiary/aromatic N) is 2. The Morgan fingerprint density at radius 1 is 1.15 bits per heavy atom. The molecular weight excluding hydrogens is 341 g/mol. The summed E-state index contributed by atoms with van der Waals surface area (Å²) >= 11 is 0. The van der Waals surface area contributed by atoms with Gasteiger partial charge >= 0.3 is 0 Å². The predicted molar refractivity (Wildman–Crippen MR) is 105 cm³/mol. The molecule has 1 aliphatic heterocycles. The van der Waals surface area contributed by atoms with Crippen molar-refractivity contribution >= 4 is 22.5 Å². The number of fused-ring (bicyclic) bond motifs is 1. The highest BCUT2D eigenvalue weighted by Crippen LogP contribution is 2.29. The first-order valence-corrected chi connectivity index (χ1v) is 9.29. The molecular formula is C22H22FN3O. The Labute approximate surface area is 158 Å². The standard InChI is InChI=1S/C22H22FN3O/c1-15-4-6-16(7-5-15)13-25-21-18-12-17(23)8-9-20(18)24-14-19(21)22(27)26-10-2-3-11-26/h4-9,12,14H,2-3,10-11,13H2,1H3,(H,24,25). The second-order valence-electron chi connectivity index (χ2n) is 7.05. The molecule has 1 fully saturated rings. The third-order valence-electron chi connectivity index (χ3n) is 5.04. The number of likely N-dealkylation sites (tertiary alicyclic amines) is 1. The van der Waals surface area contributed by atoms with Crippen molar-refractivity contribution < 1.29 is 9.18 Å². The zero-order valence-electron chi connectivity index (χ0n) is 15.3. The Morgan fingerprint density at radius 3 is 2.63 bits per heavy atom. The van der Waals surface area contributed by atoms with Crippen molar-refractivity contribution in [3.63, 3.8) is 0 Å². The third kappa shape index (κ3) is 3.63. The van der Waals surface area contributed by atoms with Crippen molar-refractivity contribution in [3.8, 4) is 0 Å². The van der Waals surface area contributed by atoms with Crippen molar-refractivity contribution in [3.05, 3.63) is 71.2 Å². The highest BCUT2D eigenvalue weighted by atomic mass is 19.1. The lowest BCUT2D eigenvalue weighted by Gasteiger charge is -2.19. The van der Waals surface area contributed by atoms with Gasteiger partial charge in [-0.15, -0.1) is 0 Å². The van der Waals surface area contributed by atoms with Crippen LogP contribution in [-0.2, 0) is 6.54 Å². The summed E-state index contributed by atoms with van der Waals surface area (Å²) in [5.74, 6) is -0.383. The molecule has 4 rings (SSSR count). The highest BCUT2D eigenvalue weighted by molar-refractivity contribution is 6.07. The number of amides is 1. The minimum atomic E-state index is -0.339. The molecule has 5 heteroatoms. The summed E-state index contributed by atoms with van der Waals surface area (Å²) in [4.78, 5) is 19.2. The third-order valence-corrected chi connectivity index (χ3v) is 5.04. The van der Waals surface area contributed by atoms with Gasteiger partial charge in [0.05, 0.1) is 16.8 Å². The Kier molecular flexibility index (Phi) is 4.75. The molecule has 1 N–H and O–H groups in total. The summed E-state index contributed by atoms with van der Waals surface area (Å²) in [6, 6.07) is 12.7. The molecule has 1 amide bonds. The van der Waals surface area contributed by atoms with Crippen LogP contribution in [0.1, 0.15) is 34.3 Å². The number of hydrogen-bond donors (Lipinski definition) is 1. The summed E-state index contributed by atoms with van der Waals surface area (Å²) in [5, 5.41) is 4.00. The van der Waals surface area contributed by atoms with Crippen molar-refractivity contribution in [2.24, 2.45) is 0 Å². The zero-order valence-corrected chi connectivity index (χ0v) is 15.3. The van der Waals surface area contributed by atoms with Crippen LogP contribution in [0.3, 0.4) is 0 Å². The molecule has 27 heavy (non-hydrogen) atoms. The number of anilines is 1. The maximum absolute atomic E-state index is 13.9. The first-order valence-electron chi connectivity index (χ1n) is 9.29. The lowest BCUT2D eigenvalue weighted by Crippen LogP contribution is -2.28. The SMILES string of the molecule is Cc1ccc(CNc2c(C(=O)N3CCCC3)cnc3ccc(F)cc23)cc1. The summed E-state index contributed by atoms with van der Waals surface area (Å²) in [6.45, 7) is 4.12. The Bertz CT molecular complexity index is 979. The van der Waals surface area contributed by atoms with Gasteiger partial charge in [-0.2, -0.15) is 0 Å². The number of carbonyl (C=O) groups is 1. The maximum atomic E-state index is 13.9. The van der Waals surface area contributed by atoms with Crippen LogP contribution in [0.5, 0.6) is 0 Å². The minimum absolute atomic E-state index is 0.0439. The van der Waals surface area contributed by atoms with Gasteiger partial charge in [0.2, 0.25) is 0 Å². The molecule has 0 atom stereocenters. The molecule has 0 saturated carbocycles. The first kappa shape index (κ1) is 17.5. The average Bonchev–Trinajstić information content (AvgIpc) is 3.21. The summed E-state index contributed by atoms with van der Waals surface area (Å²) in [6.07, 6.45) is 3.65. The van der Waals surface area contributed by atoms with E-state index in [0.29, 0.717) is 28.7 Å². The number of aromatic nitrogens is 1. The van der Waals surface area contributed by atoms with E-state index in [1.165, 1.54) is 17.7 Å². The van der Waals surface area contributed by atoms with Crippen molar-refractivity contribution in [1.29, 1.82) is 0 Å². The molecule has 0 radical (unpaired) electrons. The number of pyridine rings is 1. The fourth-order valence-electron chi connectivity index (χ4n) is 3.50. The van der Waals surface area contributed by atoms with Crippen LogP contribution in [0, 0.1) is 12.7 Å². The van der Waals surface area contributed by atoms with Crippen molar-refractivity contribution in [1.82, 2.24) is 9.88 Å². The first-order chi connectivity index (χ1) is 13.1. The Morgan fingerprint density at radius 2 is 1.89 bits per heavy atom. The maximum Gasteiger partial charge on any atom is 0.257 e. The van der Waals surface area contributed by atoms with Gasteiger partial charge < -0.3 is 10.2 Å². The molecule has 0 unspecified atom stereocenters. The molecule has 2 aromatic carbocycles. The quantitative estimate of drug-likeness (QED) is 0.741. The highest BCUT2D eigenvalue weighted by Gasteiger charge is 2.23. The second-order valence-corrected chi connectivity index (χ2v) is 7.05. The molecule has 0 bridgehead atoms. The van der Waals surface area contributed by atoms with E-state index in [9.17, 15) is 9.18 Å². The van der Waals surface area contributed by atoms with Crippen molar-refractivity contribution in [2.45, 2.75) is 26.3 Å². The minimum Gasteiger partial charge on any atom is -0.380 e. The number of halogens is 1. The van der Waals surface area contributed by atoms with Gasteiger partial charge in [-0.1, -0.05) is 29.8 Å². The fraction of sp³-hybridized carbons (Fsp3) is 0.273. The summed E-state index contributed by atoms with van der Waals surface area (Å²) in [5.41, 5.74) is 4.11. The smallest absolute Gasteiger partial charge is 0.257 e. The summed E-state index contributed by atoms with van der Waals surface area (Å²) < 4.78 is 13.9. The average molecular weight is 363 g/mol. The van der Waals surface area contributed by atoms with E-state index in [1.807, 2.05) is 24.0 Å². The molecule has 2 heterocycles. The van der Waals surface area contributed by atoms with Crippen LogP contribution in [0.25, 0.3) is 10.9 Å². The largest absolute Gasteiger partial charge is 0.380 e. The van der Waals surface area contributed by atoms with Crippen LogP contribution >= 0.6 is 0 Å². The molecule has 0 spiro atoms. The van der Waals surface area contributed by atoms with E-state index >= 15 is 0 Å². The molecule has 3 aromatic rings. The normalized spacial score (nSPS) is 13.9. The number of aryl methyl sites for hydroxylation is 1. The molecule has 138 valence electrons. The number of benzene rings is 2. The van der Waals surface area contributed by atoms with E-state index in [2.05, 4.69) is 22.4 Å². The van der Waals surface area contributed by atoms with Gasteiger partial charge in [0.15, 0.2) is 0 Å². The lowest BCUT2D eigenvalue weighted by molar-refractivity contribution is 0.0793. The van der Waals surface area contributed by atoms with E-state index in [0.717, 1.165) is 31.5 Å². The van der Waals surface area contributed by atoms with Crippen LogP contribution in [0.15, 0.2) is 48.7 Å². The van der Waals surface area contributed by atoms with Crippen LogP contribution in [0.4, 0.5) is 10.1 Å². The second kappa shape index (κ2) is 7.35. The van der Waals surface area contributed by atoms with E-state index in [-0.39, 0.29) is 11.7 Å². The van der Waals surface area contributed by atoms with Gasteiger partial charge in [-0.05, 0) is 43.5 Å². The lowest BCUT2D eigenvalue weighted by atomic mass is 10.1. The monoisotopic (exact) mass is 363 g/mol.